The molecule has 0 N–H and O–H groups in total. The zero-order valence-electron chi connectivity index (χ0n) is 16.7. The van der Waals surface area contributed by atoms with Gasteiger partial charge >= 0.3 is 0 Å². The number of amides is 1. The molecule has 3 aromatic rings. The molecule has 0 atom stereocenters. The fourth-order valence-electron chi connectivity index (χ4n) is 3.95. The summed E-state index contributed by atoms with van der Waals surface area (Å²) < 4.78 is 7.57. The van der Waals surface area contributed by atoms with Gasteiger partial charge in [-0.3, -0.25) is 9.48 Å². The van der Waals surface area contributed by atoms with Crippen LogP contribution >= 0.6 is 0 Å². The van der Waals surface area contributed by atoms with E-state index in [0.29, 0.717) is 13.1 Å². The molecule has 1 aliphatic heterocycles. The Balaban J connectivity index is 1.54. The third-order valence-corrected chi connectivity index (χ3v) is 5.22. The Kier molecular flexibility index (Phi) is 4.09. The molecule has 0 aliphatic carbocycles. The Morgan fingerprint density at radius 3 is 2.78 bits per heavy atom. The number of aromatic nitrogens is 3. The Bertz CT molecular complexity index is 1020. The lowest BCUT2D eigenvalue weighted by atomic mass is 10.0. The van der Waals surface area contributed by atoms with Crippen LogP contribution in [0.4, 0.5) is 0 Å². The number of aryl methyl sites for hydroxylation is 2. The first-order valence-electron chi connectivity index (χ1n) is 9.43. The van der Waals surface area contributed by atoms with Crippen molar-refractivity contribution in [1.82, 2.24) is 19.8 Å². The molecule has 0 fully saturated rings. The van der Waals surface area contributed by atoms with Gasteiger partial charge in [-0.05, 0) is 51.8 Å². The molecule has 4 rings (SSSR count). The third kappa shape index (κ3) is 3.13. The topological polar surface area (TPSA) is 64.2 Å². The first-order valence-corrected chi connectivity index (χ1v) is 9.43. The van der Waals surface area contributed by atoms with Gasteiger partial charge in [-0.25, -0.2) is 0 Å². The van der Waals surface area contributed by atoms with Gasteiger partial charge in [0.25, 0.3) is 0 Å². The summed E-state index contributed by atoms with van der Waals surface area (Å²) in [4.78, 5) is 14.8. The fraction of sp³-hybridized carbons (Fsp3) is 0.476. The molecule has 1 aromatic carbocycles. The van der Waals surface area contributed by atoms with Crippen molar-refractivity contribution in [1.29, 1.82) is 0 Å². The Labute approximate surface area is 159 Å². The fourth-order valence-corrected chi connectivity index (χ4v) is 3.95. The predicted molar refractivity (Wildman–Crippen MR) is 104 cm³/mol. The standard InChI is InChI=1S/C21H26N4O2/c1-13-8-14(2)20-16(9-13)17(23-27-20)10-19(26)24-7-6-18-15(12-24)11-22-25(18)21(3,4)5/h8-9,11H,6-7,10,12H2,1-5H3. The van der Waals surface area contributed by atoms with Crippen LogP contribution < -0.4 is 0 Å². The number of fused-ring (bicyclic) bond motifs is 2. The van der Waals surface area contributed by atoms with Crippen LogP contribution in [0.5, 0.6) is 0 Å². The molecule has 0 saturated heterocycles. The molecule has 1 aliphatic rings. The summed E-state index contributed by atoms with van der Waals surface area (Å²) in [6.45, 7) is 11.8. The van der Waals surface area contributed by atoms with Gasteiger partial charge in [0.05, 0.1) is 18.2 Å². The molecule has 0 radical (unpaired) electrons. The maximum atomic E-state index is 12.9. The minimum Gasteiger partial charge on any atom is -0.356 e. The van der Waals surface area contributed by atoms with Crippen molar-refractivity contribution in [2.45, 2.75) is 59.5 Å². The van der Waals surface area contributed by atoms with Gasteiger partial charge in [-0.2, -0.15) is 5.10 Å². The minimum atomic E-state index is -0.0465. The Hall–Kier alpha value is -2.63. The van der Waals surface area contributed by atoms with E-state index in [9.17, 15) is 4.79 Å². The third-order valence-electron chi connectivity index (χ3n) is 5.22. The normalized spacial score (nSPS) is 14.6. The van der Waals surface area contributed by atoms with E-state index < -0.39 is 0 Å². The highest BCUT2D eigenvalue weighted by Crippen LogP contribution is 2.27. The molecule has 6 heteroatoms. The van der Waals surface area contributed by atoms with Crippen LogP contribution in [0, 0.1) is 13.8 Å². The largest absolute Gasteiger partial charge is 0.356 e. The zero-order chi connectivity index (χ0) is 19.3. The molecule has 0 spiro atoms. The first kappa shape index (κ1) is 17.8. The molecule has 2 aromatic heterocycles. The van der Waals surface area contributed by atoms with Gasteiger partial charge in [0.2, 0.25) is 5.91 Å². The molecule has 142 valence electrons. The average Bonchev–Trinajstić information content (AvgIpc) is 3.18. The van der Waals surface area contributed by atoms with E-state index >= 15 is 0 Å². The summed E-state index contributed by atoms with van der Waals surface area (Å²) in [5, 5.41) is 9.67. The molecule has 6 nitrogen and oxygen atoms in total. The second kappa shape index (κ2) is 6.22. The van der Waals surface area contributed by atoms with Gasteiger partial charge in [-0.15, -0.1) is 0 Å². The first-order chi connectivity index (χ1) is 12.7. The Morgan fingerprint density at radius 1 is 1.26 bits per heavy atom. The second-order valence-corrected chi connectivity index (χ2v) is 8.53. The number of rotatable bonds is 2. The van der Waals surface area contributed by atoms with E-state index in [1.165, 1.54) is 5.69 Å². The number of carbonyl (C=O) groups excluding carboxylic acids is 1. The summed E-state index contributed by atoms with van der Waals surface area (Å²) >= 11 is 0. The Morgan fingerprint density at radius 2 is 2.04 bits per heavy atom. The molecular formula is C21H26N4O2. The van der Waals surface area contributed by atoms with Gasteiger partial charge < -0.3 is 9.42 Å². The number of hydrogen-bond donors (Lipinski definition) is 0. The van der Waals surface area contributed by atoms with E-state index in [0.717, 1.165) is 39.8 Å². The van der Waals surface area contributed by atoms with Crippen LogP contribution in [0.1, 0.15) is 48.8 Å². The van der Waals surface area contributed by atoms with Crippen LogP contribution in [0.25, 0.3) is 11.0 Å². The quantitative estimate of drug-likeness (QED) is 0.696. The van der Waals surface area contributed by atoms with E-state index in [-0.39, 0.29) is 17.9 Å². The van der Waals surface area contributed by atoms with Crippen molar-refractivity contribution in [2.24, 2.45) is 0 Å². The van der Waals surface area contributed by atoms with Crippen molar-refractivity contribution in [3.8, 4) is 0 Å². The number of hydrogen-bond acceptors (Lipinski definition) is 4. The zero-order valence-corrected chi connectivity index (χ0v) is 16.7. The molecular weight excluding hydrogens is 340 g/mol. The smallest absolute Gasteiger partial charge is 0.229 e. The lowest BCUT2D eigenvalue weighted by molar-refractivity contribution is -0.131. The van der Waals surface area contributed by atoms with E-state index in [1.54, 1.807) is 0 Å². The van der Waals surface area contributed by atoms with Crippen molar-refractivity contribution >= 4 is 16.9 Å². The summed E-state index contributed by atoms with van der Waals surface area (Å²) in [5.74, 6) is 0.0820. The van der Waals surface area contributed by atoms with Crippen molar-refractivity contribution in [2.75, 3.05) is 6.54 Å². The molecule has 1 amide bonds. The maximum Gasteiger partial charge on any atom is 0.229 e. The highest BCUT2D eigenvalue weighted by atomic mass is 16.5. The number of benzene rings is 1. The predicted octanol–water partition coefficient (Wildman–Crippen LogP) is 3.52. The van der Waals surface area contributed by atoms with Crippen molar-refractivity contribution in [3.63, 3.8) is 0 Å². The molecule has 0 bridgehead atoms. The lowest BCUT2D eigenvalue weighted by Crippen LogP contribution is -2.38. The van der Waals surface area contributed by atoms with E-state index in [1.807, 2.05) is 31.0 Å². The van der Waals surface area contributed by atoms with Crippen LogP contribution in [0.3, 0.4) is 0 Å². The van der Waals surface area contributed by atoms with E-state index in [2.05, 4.69) is 41.8 Å². The van der Waals surface area contributed by atoms with Crippen molar-refractivity contribution in [3.05, 3.63) is 46.4 Å². The minimum absolute atomic E-state index is 0.0465. The molecule has 27 heavy (non-hydrogen) atoms. The van der Waals surface area contributed by atoms with Crippen molar-refractivity contribution < 1.29 is 9.32 Å². The summed E-state index contributed by atoms with van der Waals surface area (Å²) in [5.41, 5.74) is 6.02. The average molecular weight is 366 g/mol. The van der Waals surface area contributed by atoms with Gasteiger partial charge in [0.1, 0.15) is 5.69 Å². The number of nitrogens with zero attached hydrogens (tertiary/aromatic N) is 4. The van der Waals surface area contributed by atoms with Gasteiger partial charge in [0.15, 0.2) is 5.58 Å². The SMILES string of the molecule is Cc1cc(C)c2onc(CC(=O)N3CCc4c(cnn4C(C)(C)C)C3)c2c1. The lowest BCUT2D eigenvalue weighted by Gasteiger charge is -2.30. The summed E-state index contributed by atoms with van der Waals surface area (Å²) in [6.07, 6.45) is 2.99. The van der Waals surface area contributed by atoms with Crippen LogP contribution in [-0.2, 0) is 29.7 Å². The van der Waals surface area contributed by atoms with Gasteiger partial charge in [-0.1, -0.05) is 11.2 Å². The summed E-state index contributed by atoms with van der Waals surface area (Å²) in [7, 11) is 0. The van der Waals surface area contributed by atoms with Crippen LogP contribution in [-0.4, -0.2) is 32.3 Å². The maximum absolute atomic E-state index is 12.9. The monoisotopic (exact) mass is 366 g/mol. The van der Waals surface area contributed by atoms with Crippen LogP contribution in [0.2, 0.25) is 0 Å². The second-order valence-electron chi connectivity index (χ2n) is 8.53. The summed E-state index contributed by atoms with van der Waals surface area (Å²) in [6, 6.07) is 4.11. The number of carbonyl (C=O) groups is 1. The highest BCUT2D eigenvalue weighted by molar-refractivity contribution is 5.88. The van der Waals surface area contributed by atoms with E-state index in [4.69, 9.17) is 4.52 Å². The van der Waals surface area contributed by atoms with Crippen LogP contribution in [0.15, 0.2) is 22.9 Å². The molecule has 0 unspecified atom stereocenters. The van der Waals surface area contributed by atoms with Gasteiger partial charge in [0, 0.05) is 36.2 Å². The highest BCUT2D eigenvalue weighted by Gasteiger charge is 2.28. The molecule has 0 saturated carbocycles. The molecule has 3 heterocycles.